The molecule has 0 unspecified atom stereocenters. The molecule has 0 aliphatic carbocycles. The lowest BCUT2D eigenvalue weighted by Gasteiger charge is -2.30. The number of aromatic nitrogens is 2. The van der Waals surface area contributed by atoms with Crippen LogP contribution in [0.2, 0.25) is 0 Å². The van der Waals surface area contributed by atoms with Crippen LogP contribution in [-0.2, 0) is 11.3 Å². The van der Waals surface area contributed by atoms with Crippen molar-refractivity contribution in [3.8, 4) is 0 Å². The Morgan fingerprint density at radius 2 is 2.35 bits per heavy atom. The van der Waals surface area contributed by atoms with Gasteiger partial charge in [0.05, 0.1) is 24.1 Å². The fourth-order valence-corrected chi connectivity index (χ4v) is 3.55. The van der Waals surface area contributed by atoms with Crippen LogP contribution in [-0.4, -0.2) is 53.7 Å². The molecule has 1 atom stereocenters. The second kappa shape index (κ2) is 5.81. The lowest BCUT2D eigenvalue weighted by molar-refractivity contribution is -0.0182. The Morgan fingerprint density at radius 1 is 1.50 bits per heavy atom. The molecule has 110 valence electrons. The molecule has 5 nitrogen and oxygen atoms in total. The van der Waals surface area contributed by atoms with Crippen LogP contribution in [0.3, 0.4) is 0 Å². The van der Waals surface area contributed by atoms with Crippen molar-refractivity contribution < 1.29 is 4.74 Å². The third kappa shape index (κ3) is 2.88. The number of nitrogens with one attached hydrogen (secondary N) is 1. The maximum atomic E-state index is 5.77. The van der Waals surface area contributed by atoms with Crippen LogP contribution in [0, 0.1) is 13.8 Å². The highest BCUT2D eigenvalue weighted by molar-refractivity contribution is 7.17. The van der Waals surface area contributed by atoms with Gasteiger partial charge in [0.1, 0.15) is 0 Å². The van der Waals surface area contributed by atoms with Crippen molar-refractivity contribution in [2.45, 2.75) is 26.5 Å². The molecule has 3 heterocycles. The standard InChI is InChI=1S/C14H22N4OS/c1-10-8-18-13(11(2)16-14(18)20-10)7-15-6-12-9-17(3)4-5-19-12/h8,12,15H,4-7,9H2,1-3H3/t12-/m1/s1. The minimum absolute atomic E-state index is 0.293. The van der Waals surface area contributed by atoms with Crippen molar-refractivity contribution in [2.75, 3.05) is 33.3 Å². The summed E-state index contributed by atoms with van der Waals surface area (Å²) in [5, 5.41) is 3.51. The number of likely N-dealkylation sites (N-methyl/N-ethyl adjacent to an activating group) is 1. The van der Waals surface area contributed by atoms with E-state index in [0.717, 1.165) is 43.4 Å². The molecule has 0 radical (unpaired) electrons. The van der Waals surface area contributed by atoms with Crippen LogP contribution in [0.15, 0.2) is 6.20 Å². The Bertz CT molecular complexity index is 591. The van der Waals surface area contributed by atoms with Gasteiger partial charge in [0.2, 0.25) is 0 Å². The first-order chi connectivity index (χ1) is 9.63. The number of thiazole rings is 1. The number of rotatable bonds is 4. The smallest absolute Gasteiger partial charge is 0.194 e. The zero-order valence-electron chi connectivity index (χ0n) is 12.3. The highest BCUT2D eigenvalue weighted by atomic mass is 32.1. The van der Waals surface area contributed by atoms with Crippen molar-refractivity contribution in [1.82, 2.24) is 19.6 Å². The van der Waals surface area contributed by atoms with Crippen molar-refractivity contribution in [2.24, 2.45) is 0 Å². The molecule has 0 amide bonds. The van der Waals surface area contributed by atoms with E-state index < -0.39 is 0 Å². The molecule has 1 aliphatic heterocycles. The highest BCUT2D eigenvalue weighted by Crippen LogP contribution is 2.20. The van der Waals surface area contributed by atoms with E-state index in [1.165, 1.54) is 10.6 Å². The number of hydrogen-bond donors (Lipinski definition) is 1. The summed E-state index contributed by atoms with van der Waals surface area (Å²) in [6, 6.07) is 0. The molecular weight excluding hydrogens is 272 g/mol. The average molecular weight is 294 g/mol. The van der Waals surface area contributed by atoms with E-state index >= 15 is 0 Å². The molecule has 0 bridgehead atoms. The summed E-state index contributed by atoms with van der Waals surface area (Å²) in [6.07, 6.45) is 2.46. The second-order valence-corrected chi connectivity index (χ2v) is 6.74. The maximum Gasteiger partial charge on any atom is 0.194 e. The number of hydrogen-bond acceptors (Lipinski definition) is 5. The summed E-state index contributed by atoms with van der Waals surface area (Å²) < 4.78 is 7.97. The minimum Gasteiger partial charge on any atom is -0.374 e. The summed E-state index contributed by atoms with van der Waals surface area (Å²) in [5.74, 6) is 0. The van der Waals surface area contributed by atoms with Gasteiger partial charge in [0, 0.05) is 37.3 Å². The normalized spacial score (nSPS) is 20.9. The first-order valence-electron chi connectivity index (χ1n) is 7.08. The minimum atomic E-state index is 0.293. The van der Waals surface area contributed by atoms with E-state index in [9.17, 15) is 0 Å². The van der Waals surface area contributed by atoms with E-state index in [0.29, 0.717) is 6.10 Å². The van der Waals surface area contributed by atoms with Gasteiger partial charge >= 0.3 is 0 Å². The SMILES string of the molecule is Cc1cn2c(CNC[C@@H]3CN(C)CCO3)c(C)nc2s1. The van der Waals surface area contributed by atoms with Crippen molar-refractivity contribution in [3.63, 3.8) is 0 Å². The Hall–Kier alpha value is -0.950. The molecular formula is C14H22N4OS. The van der Waals surface area contributed by atoms with Gasteiger partial charge in [-0.25, -0.2) is 4.98 Å². The number of ether oxygens (including phenoxy) is 1. The first-order valence-corrected chi connectivity index (χ1v) is 7.90. The van der Waals surface area contributed by atoms with Gasteiger partial charge in [-0.3, -0.25) is 4.40 Å². The van der Waals surface area contributed by atoms with Crippen LogP contribution in [0.25, 0.3) is 4.96 Å². The van der Waals surface area contributed by atoms with Gasteiger partial charge in [0.15, 0.2) is 4.96 Å². The van der Waals surface area contributed by atoms with E-state index in [1.807, 2.05) is 0 Å². The average Bonchev–Trinajstić information content (AvgIpc) is 2.87. The lowest BCUT2D eigenvalue weighted by Crippen LogP contribution is -2.44. The van der Waals surface area contributed by atoms with Gasteiger partial charge in [-0.1, -0.05) is 0 Å². The Balaban J connectivity index is 1.60. The predicted octanol–water partition coefficient (Wildman–Crippen LogP) is 1.43. The second-order valence-electron chi connectivity index (χ2n) is 5.52. The topological polar surface area (TPSA) is 41.8 Å². The zero-order valence-corrected chi connectivity index (χ0v) is 13.2. The first kappa shape index (κ1) is 14.0. The van der Waals surface area contributed by atoms with Crippen LogP contribution in [0.5, 0.6) is 0 Å². The Labute approximate surface area is 123 Å². The number of nitrogens with zero attached hydrogens (tertiary/aromatic N) is 3. The third-order valence-electron chi connectivity index (χ3n) is 3.75. The molecule has 2 aromatic rings. The molecule has 0 aromatic carbocycles. The van der Waals surface area contributed by atoms with Crippen molar-refractivity contribution in [3.05, 3.63) is 22.5 Å². The number of aryl methyl sites for hydroxylation is 2. The fourth-order valence-electron chi connectivity index (χ4n) is 2.66. The summed E-state index contributed by atoms with van der Waals surface area (Å²) in [6.45, 7) is 8.81. The summed E-state index contributed by atoms with van der Waals surface area (Å²) in [4.78, 5) is 9.32. The Kier molecular flexibility index (Phi) is 4.07. The molecule has 1 N–H and O–H groups in total. The lowest BCUT2D eigenvalue weighted by atomic mass is 10.2. The quantitative estimate of drug-likeness (QED) is 0.926. The summed E-state index contributed by atoms with van der Waals surface area (Å²) in [5.41, 5.74) is 2.37. The molecule has 6 heteroatoms. The number of imidazole rings is 1. The molecule has 1 fully saturated rings. The van der Waals surface area contributed by atoms with Crippen molar-refractivity contribution >= 4 is 16.3 Å². The van der Waals surface area contributed by atoms with Crippen molar-refractivity contribution in [1.29, 1.82) is 0 Å². The largest absolute Gasteiger partial charge is 0.374 e. The summed E-state index contributed by atoms with van der Waals surface area (Å²) >= 11 is 1.74. The van der Waals surface area contributed by atoms with E-state index in [-0.39, 0.29) is 0 Å². The van der Waals surface area contributed by atoms with E-state index in [1.54, 1.807) is 11.3 Å². The van der Waals surface area contributed by atoms with Gasteiger partial charge < -0.3 is 15.0 Å². The molecule has 0 saturated carbocycles. The van der Waals surface area contributed by atoms with Gasteiger partial charge in [-0.2, -0.15) is 0 Å². The Morgan fingerprint density at radius 3 is 3.15 bits per heavy atom. The zero-order chi connectivity index (χ0) is 14.1. The fraction of sp³-hybridized carbons (Fsp3) is 0.643. The molecule has 3 rings (SSSR count). The van der Waals surface area contributed by atoms with Crippen LogP contribution >= 0.6 is 11.3 Å². The highest BCUT2D eigenvalue weighted by Gasteiger charge is 2.17. The summed E-state index contributed by atoms with van der Waals surface area (Å²) in [7, 11) is 2.15. The van der Waals surface area contributed by atoms with Gasteiger partial charge in [0.25, 0.3) is 0 Å². The third-order valence-corrected chi connectivity index (χ3v) is 4.65. The van der Waals surface area contributed by atoms with Crippen LogP contribution in [0.1, 0.15) is 16.3 Å². The number of morpholine rings is 1. The van der Waals surface area contributed by atoms with Crippen LogP contribution < -0.4 is 5.32 Å². The van der Waals surface area contributed by atoms with Gasteiger partial charge in [-0.15, -0.1) is 11.3 Å². The van der Waals surface area contributed by atoms with Gasteiger partial charge in [-0.05, 0) is 20.9 Å². The predicted molar refractivity (Wildman–Crippen MR) is 81.5 cm³/mol. The molecule has 0 spiro atoms. The van der Waals surface area contributed by atoms with Crippen LogP contribution in [0.4, 0.5) is 0 Å². The van der Waals surface area contributed by atoms with E-state index in [4.69, 9.17) is 4.74 Å². The molecule has 1 aliphatic rings. The number of fused-ring (bicyclic) bond motifs is 1. The van der Waals surface area contributed by atoms with E-state index in [2.05, 4.69) is 46.7 Å². The molecule has 1 saturated heterocycles. The molecule has 20 heavy (non-hydrogen) atoms. The maximum absolute atomic E-state index is 5.77. The molecule has 2 aromatic heterocycles. The monoisotopic (exact) mass is 294 g/mol.